The number of piperidine rings is 1. The average Bonchev–Trinajstić information content (AvgIpc) is 3.27. The van der Waals surface area contributed by atoms with Crippen LogP contribution in [-0.2, 0) is 4.74 Å². The molecule has 1 aromatic rings. The number of aliphatic imine (C=N–C) groups is 1. The summed E-state index contributed by atoms with van der Waals surface area (Å²) in [5.74, 6) is 2.47. The van der Waals surface area contributed by atoms with Gasteiger partial charge in [-0.25, -0.2) is 0 Å². The van der Waals surface area contributed by atoms with Crippen molar-refractivity contribution in [2.24, 2.45) is 4.99 Å². The van der Waals surface area contributed by atoms with E-state index >= 15 is 0 Å². The summed E-state index contributed by atoms with van der Waals surface area (Å²) < 4.78 is 5.59. The van der Waals surface area contributed by atoms with Crippen molar-refractivity contribution in [3.8, 4) is 0 Å². The Balaban J connectivity index is 1.15. The number of piperazine rings is 1. The molecule has 5 aliphatic rings. The lowest BCUT2D eigenvalue weighted by molar-refractivity contribution is 0.0150. The maximum atomic E-state index is 5.59. The van der Waals surface area contributed by atoms with Gasteiger partial charge in [-0.05, 0) is 76.8 Å². The Hall–Kier alpha value is -2.22. The summed E-state index contributed by atoms with van der Waals surface area (Å²) in [7, 11) is 2.30. The van der Waals surface area contributed by atoms with Crippen LogP contribution in [0.25, 0.3) is 0 Å². The minimum Gasteiger partial charge on any atom is -0.381 e. The maximum Gasteiger partial charge on any atom is 0.129 e. The van der Waals surface area contributed by atoms with Gasteiger partial charge in [0.05, 0.1) is 23.8 Å². The summed E-state index contributed by atoms with van der Waals surface area (Å²) in [5, 5.41) is 0. The number of allylic oxidation sites excluding steroid dienone is 2. The van der Waals surface area contributed by atoms with Gasteiger partial charge in [-0.3, -0.25) is 19.8 Å². The topological polar surface area (TPSA) is 47.4 Å². The van der Waals surface area contributed by atoms with Crippen LogP contribution in [0, 0.1) is 6.92 Å². The van der Waals surface area contributed by atoms with Crippen molar-refractivity contribution in [2.75, 3.05) is 53.0 Å². The van der Waals surface area contributed by atoms with Crippen molar-refractivity contribution in [1.29, 1.82) is 0 Å². The molecule has 6 rings (SSSR count). The molecule has 0 aliphatic carbocycles. The highest BCUT2D eigenvalue weighted by Gasteiger charge is 2.47. The van der Waals surface area contributed by atoms with Gasteiger partial charge in [-0.1, -0.05) is 12.1 Å². The van der Waals surface area contributed by atoms with Crippen LogP contribution < -0.4 is 0 Å². The second kappa shape index (κ2) is 9.92. The molecule has 3 saturated heterocycles. The first-order valence-electron chi connectivity index (χ1n) is 14.0. The third kappa shape index (κ3) is 4.39. The summed E-state index contributed by atoms with van der Waals surface area (Å²) in [6.45, 7) is 11.8. The summed E-state index contributed by atoms with van der Waals surface area (Å²) in [6.07, 6.45) is 14.6. The van der Waals surface area contributed by atoms with Gasteiger partial charge in [0, 0.05) is 57.7 Å². The first-order chi connectivity index (χ1) is 17.5. The van der Waals surface area contributed by atoms with Crippen molar-refractivity contribution < 1.29 is 4.74 Å². The second-order valence-electron chi connectivity index (χ2n) is 11.5. The Kier molecular flexibility index (Phi) is 6.65. The second-order valence-corrected chi connectivity index (χ2v) is 11.5. The standard InChI is InChI=1S/C29H42N6O/c1-22-7-6-14-30-28(22)24-8-4-9-25(32(24)3)29(2)21-35-26(31-29)10-5-11-27(35)34-17-15-33(16-18-34)23-12-19-36-20-13-23/h5-7,10-11,14,23-25H,4,8-9,12-13,15-21H2,1-3H3/t24-,25+,29?/m0/s1. The van der Waals surface area contributed by atoms with E-state index in [2.05, 4.69) is 64.8 Å². The van der Waals surface area contributed by atoms with Crippen LogP contribution in [0.3, 0.4) is 0 Å². The molecule has 7 heteroatoms. The summed E-state index contributed by atoms with van der Waals surface area (Å²) >= 11 is 0. The minimum atomic E-state index is -0.136. The number of aryl methyl sites for hydroxylation is 1. The molecule has 0 bridgehead atoms. The summed E-state index contributed by atoms with van der Waals surface area (Å²) in [5.41, 5.74) is 2.39. The van der Waals surface area contributed by atoms with Gasteiger partial charge in [0.1, 0.15) is 11.7 Å². The van der Waals surface area contributed by atoms with E-state index in [1.807, 2.05) is 12.3 Å². The molecule has 0 N–H and O–H groups in total. The Morgan fingerprint density at radius 3 is 2.64 bits per heavy atom. The molecule has 36 heavy (non-hydrogen) atoms. The van der Waals surface area contributed by atoms with Crippen molar-refractivity contribution in [2.45, 2.75) is 69.6 Å². The third-order valence-electron chi connectivity index (χ3n) is 9.26. The molecule has 194 valence electrons. The van der Waals surface area contributed by atoms with Crippen LogP contribution in [0.4, 0.5) is 0 Å². The molecule has 0 aromatic carbocycles. The number of nitrogens with zero attached hydrogens (tertiary/aromatic N) is 6. The van der Waals surface area contributed by atoms with Crippen LogP contribution in [0.15, 0.2) is 47.4 Å². The van der Waals surface area contributed by atoms with Crippen LogP contribution >= 0.6 is 0 Å². The van der Waals surface area contributed by atoms with E-state index in [9.17, 15) is 0 Å². The van der Waals surface area contributed by atoms with Crippen molar-refractivity contribution >= 4 is 5.84 Å². The highest BCUT2D eigenvalue weighted by Crippen LogP contribution is 2.41. The minimum absolute atomic E-state index is 0.136. The smallest absolute Gasteiger partial charge is 0.129 e. The Morgan fingerprint density at radius 2 is 1.86 bits per heavy atom. The van der Waals surface area contributed by atoms with E-state index < -0.39 is 0 Å². The van der Waals surface area contributed by atoms with Gasteiger partial charge in [0.25, 0.3) is 0 Å². The number of rotatable bonds is 4. The van der Waals surface area contributed by atoms with E-state index in [4.69, 9.17) is 14.7 Å². The van der Waals surface area contributed by atoms with Crippen LogP contribution in [0.1, 0.15) is 56.3 Å². The number of amidine groups is 1. The Morgan fingerprint density at radius 1 is 1.06 bits per heavy atom. The van der Waals surface area contributed by atoms with Gasteiger partial charge in [0.15, 0.2) is 0 Å². The zero-order chi connectivity index (χ0) is 24.7. The predicted octanol–water partition coefficient (Wildman–Crippen LogP) is 3.60. The molecule has 0 radical (unpaired) electrons. The highest BCUT2D eigenvalue weighted by atomic mass is 16.5. The van der Waals surface area contributed by atoms with E-state index in [0.29, 0.717) is 18.1 Å². The molecule has 0 saturated carbocycles. The molecule has 0 amide bonds. The quantitative estimate of drug-likeness (QED) is 0.643. The first kappa shape index (κ1) is 24.1. The number of ether oxygens (including phenoxy) is 1. The summed E-state index contributed by atoms with van der Waals surface area (Å²) in [4.78, 5) is 20.6. The zero-order valence-electron chi connectivity index (χ0n) is 22.3. The number of aromatic nitrogens is 1. The third-order valence-corrected chi connectivity index (χ3v) is 9.26. The van der Waals surface area contributed by atoms with Crippen LogP contribution in [0.5, 0.6) is 0 Å². The fraction of sp³-hybridized carbons (Fsp3) is 0.655. The van der Waals surface area contributed by atoms with Gasteiger partial charge in [-0.15, -0.1) is 0 Å². The number of hydrogen-bond acceptors (Lipinski definition) is 7. The average molecular weight is 491 g/mol. The molecule has 3 fully saturated rings. The van der Waals surface area contributed by atoms with E-state index in [0.717, 1.165) is 51.8 Å². The Bertz CT molecular complexity index is 1040. The highest BCUT2D eigenvalue weighted by molar-refractivity contribution is 5.97. The normalized spacial score (nSPS) is 32.4. The van der Waals surface area contributed by atoms with E-state index in [-0.39, 0.29) is 5.54 Å². The number of hydrogen-bond donors (Lipinski definition) is 0. The molecular formula is C29H42N6O. The van der Waals surface area contributed by atoms with Gasteiger partial charge < -0.3 is 14.5 Å². The molecule has 5 aliphatic heterocycles. The molecule has 1 unspecified atom stereocenters. The predicted molar refractivity (Wildman–Crippen MR) is 144 cm³/mol. The first-order valence-corrected chi connectivity index (χ1v) is 14.0. The van der Waals surface area contributed by atoms with Crippen LogP contribution in [-0.4, -0.2) is 101 Å². The van der Waals surface area contributed by atoms with Crippen LogP contribution in [0.2, 0.25) is 0 Å². The lowest BCUT2D eigenvalue weighted by Gasteiger charge is -2.47. The molecule has 0 spiro atoms. The van der Waals surface area contributed by atoms with E-state index in [1.54, 1.807) is 0 Å². The summed E-state index contributed by atoms with van der Waals surface area (Å²) in [6, 6.07) is 5.71. The van der Waals surface area contributed by atoms with E-state index in [1.165, 1.54) is 49.2 Å². The van der Waals surface area contributed by atoms with Crippen molar-refractivity contribution in [3.63, 3.8) is 0 Å². The Labute approximate surface area is 216 Å². The fourth-order valence-corrected chi connectivity index (χ4v) is 7.27. The zero-order valence-corrected chi connectivity index (χ0v) is 22.3. The number of fused-ring (bicyclic) bond motifs is 1. The number of pyridine rings is 1. The molecular weight excluding hydrogens is 448 g/mol. The largest absolute Gasteiger partial charge is 0.381 e. The monoisotopic (exact) mass is 490 g/mol. The lowest BCUT2D eigenvalue weighted by Crippen LogP contribution is -2.56. The molecule has 6 heterocycles. The molecule has 1 aromatic heterocycles. The number of likely N-dealkylation sites (tertiary alicyclic amines) is 1. The molecule has 7 nitrogen and oxygen atoms in total. The maximum absolute atomic E-state index is 5.59. The van der Waals surface area contributed by atoms with Gasteiger partial charge >= 0.3 is 0 Å². The van der Waals surface area contributed by atoms with Crippen molar-refractivity contribution in [3.05, 3.63) is 53.6 Å². The van der Waals surface area contributed by atoms with Gasteiger partial charge in [0.2, 0.25) is 0 Å². The van der Waals surface area contributed by atoms with Crippen molar-refractivity contribution in [1.82, 2.24) is 24.6 Å². The fourth-order valence-electron chi connectivity index (χ4n) is 7.27. The lowest BCUT2D eigenvalue weighted by atomic mass is 9.82. The molecule has 3 atom stereocenters. The SMILES string of the molecule is Cc1cccnc1[C@@H]1CCC[C@H](C2(C)CN3C(N4CCN(C5CCOCC5)CC4)=CC=CC3=N2)N1C. The number of likely N-dealkylation sites (N-methyl/N-ethyl adjacent to an activating group) is 1. The van der Waals surface area contributed by atoms with Gasteiger partial charge in [-0.2, -0.15) is 0 Å².